The molecular formula is C29H23ClF3NO. The van der Waals surface area contributed by atoms with Gasteiger partial charge in [0.05, 0.1) is 5.56 Å². The van der Waals surface area contributed by atoms with Crippen molar-refractivity contribution < 1.29 is 18.0 Å². The molecule has 0 unspecified atom stereocenters. The summed E-state index contributed by atoms with van der Waals surface area (Å²) >= 11 is 5.96. The molecule has 3 aromatic rings. The van der Waals surface area contributed by atoms with Crippen molar-refractivity contribution in [2.75, 3.05) is 0 Å². The second-order valence-electron chi connectivity index (χ2n) is 8.30. The Morgan fingerprint density at radius 2 is 1.77 bits per heavy atom. The summed E-state index contributed by atoms with van der Waals surface area (Å²) in [7, 11) is 0. The molecule has 0 aliphatic heterocycles. The van der Waals surface area contributed by atoms with Crippen LogP contribution in [0.25, 0.3) is 23.3 Å². The molecule has 0 aromatic heterocycles. The van der Waals surface area contributed by atoms with Crippen LogP contribution in [0.4, 0.5) is 13.2 Å². The van der Waals surface area contributed by atoms with E-state index in [2.05, 4.69) is 0 Å². The molecule has 6 heteroatoms. The number of alkyl halides is 3. The van der Waals surface area contributed by atoms with Crippen molar-refractivity contribution in [2.24, 2.45) is 5.73 Å². The predicted octanol–water partition coefficient (Wildman–Crippen LogP) is 7.82. The van der Waals surface area contributed by atoms with Gasteiger partial charge in [-0.3, -0.25) is 4.79 Å². The van der Waals surface area contributed by atoms with Gasteiger partial charge in [0, 0.05) is 11.1 Å². The number of nitrogens with two attached hydrogens (primary N) is 1. The number of rotatable bonds is 6. The minimum absolute atomic E-state index is 0.0381. The van der Waals surface area contributed by atoms with Crippen molar-refractivity contribution in [1.29, 1.82) is 0 Å². The van der Waals surface area contributed by atoms with Gasteiger partial charge in [-0.2, -0.15) is 13.2 Å². The lowest BCUT2D eigenvalue weighted by Gasteiger charge is -2.21. The number of primary amides is 1. The highest BCUT2D eigenvalue weighted by molar-refractivity contribution is 6.30. The molecule has 35 heavy (non-hydrogen) atoms. The summed E-state index contributed by atoms with van der Waals surface area (Å²) in [6, 6.07) is 19.2. The maximum atomic E-state index is 14.0. The Labute approximate surface area is 207 Å². The van der Waals surface area contributed by atoms with Gasteiger partial charge < -0.3 is 5.73 Å². The fraction of sp³-hybridized carbons (Fsp3) is 0.138. The van der Waals surface area contributed by atoms with Crippen LogP contribution >= 0.6 is 11.6 Å². The van der Waals surface area contributed by atoms with Gasteiger partial charge in [-0.25, -0.2) is 0 Å². The highest BCUT2D eigenvalue weighted by Crippen LogP contribution is 2.44. The highest BCUT2D eigenvalue weighted by Gasteiger charge is 2.35. The van der Waals surface area contributed by atoms with Crippen molar-refractivity contribution in [3.63, 3.8) is 0 Å². The molecule has 1 aliphatic rings. The van der Waals surface area contributed by atoms with E-state index >= 15 is 0 Å². The summed E-state index contributed by atoms with van der Waals surface area (Å²) in [5.74, 6) is -0.556. The minimum atomic E-state index is -4.55. The van der Waals surface area contributed by atoms with Gasteiger partial charge in [0.25, 0.3) is 0 Å². The number of allylic oxidation sites excluding steroid dienone is 3. The molecule has 4 rings (SSSR count). The number of carbonyl (C=O) groups excluding carboxylic acids is 1. The summed E-state index contributed by atoms with van der Waals surface area (Å²) in [6.45, 7) is 1.86. The molecule has 1 amide bonds. The molecular weight excluding hydrogens is 471 g/mol. The zero-order valence-electron chi connectivity index (χ0n) is 19.0. The minimum Gasteiger partial charge on any atom is -0.366 e. The lowest BCUT2D eigenvalue weighted by Crippen LogP contribution is -2.10. The van der Waals surface area contributed by atoms with Crippen LogP contribution in [0.5, 0.6) is 0 Å². The zero-order valence-corrected chi connectivity index (χ0v) is 19.8. The van der Waals surface area contributed by atoms with Gasteiger partial charge in [-0.05, 0) is 75.6 Å². The topological polar surface area (TPSA) is 43.1 Å². The maximum Gasteiger partial charge on any atom is 0.417 e. The standard InChI is InChI=1S/C29H23ClF3NO/c1-2-24(25-13-12-23(30)17-26(25)29(31,32)33)28(22-15-20-5-3-4-6-21(20)16-22)19-10-7-18(8-11-19)9-14-27(34)35/h3-15,17H,2,16H2,1H3,(H2,34,35)/b14-9+,28-24+. The molecule has 0 saturated carbocycles. The first kappa shape index (κ1) is 24.6. The highest BCUT2D eigenvalue weighted by atomic mass is 35.5. The first-order valence-corrected chi connectivity index (χ1v) is 11.5. The van der Waals surface area contributed by atoms with E-state index in [1.807, 2.05) is 61.5 Å². The Morgan fingerprint density at radius 3 is 2.40 bits per heavy atom. The predicted molar refractivity (Wildman–Crippen MR) is 136 cm³/mol. The van der Waals surface area contributed by atoms with E-state index in [1.54, 1.807) is 6.08 Å². The second kappa shape index (κ2) is 9.96. The molecule has 0 saturated heterocycles. The van der Waals surface area contributed by atoms with Crippen LogP contribution in [0.1, 0.15) is 46.7 Å². The summed E-state index contributed by atoms with van der Waals surface area (Å²) in [5.41, 5.74) is 10.6. The lowest BCUT2D eigenvalue weighted by molar-refractivity contribution is -0.137. The van der Waals surface area contributed by atoms with Gasteiger partial charge in [0.15, 0.2) is 0 Å². The van der Waals surface area contributed by atoms with E-state index in [9.17, 15) is 18.0 Å². The summed E-state index contributed by atoms with van der Waals surface area (Å²) in [4.78, 5) is 11.1. The Kier molecular flexibility index (Phi) is 6.99. The number of amides is 1. The zero-order chi connectivity index (χ0) is 25.2. The van der Waals surface area contributed by atoms with Gasteiger partial charge in [0.1, 0.15) is 0 Å². The van der Waals surface area contributed by atoms with Gasteiger partial charge in [0.2, 0.25) is 5.91 Å². The number of carbonyl (C=O) groups is 1. The Balaban J connectivity index is 1.94. The van der Waals surface area contributed by atoms with Crippen LogP contribution in [0.3, 0.4) is 0 Å². The van der Waals surface area contributed by atoms with Crippen LogP contribution < -0.4 is 5.73 Å². The van der Waals surface area contributed by atoms with E-state index in [4.69, 9.17) is 17.3 Å². The molecule has 0 heterocycles. The molecule has 0 radical (unpaired) electrons. The van der Waals surface area contributed by atoms with Gasteiger partial charge in [-0.15, -0.1) is 0 Å². The van der Waals surface area contributed by atoms with Crippen LogP contribution in [0.15, 0.2) is 78.4 Å². The molecule has 178 valence electrons. The maximum absolute atomic E-state index is 14.0. The third-order valence-corrected chi connectivity index (χ3v) is 6.23. The Morgan fingerprint density at radius 1 is 1.06 bits per heavy atom. The van der Waals surface area contributed by atoms with Crippen LogP contribution in [0, 0.1) is 0 Å². The average molecular weight is 494 g/mol. The number of hydrogen-bond acceptors (Lipinski definition) is 1. The molecule has 0 atom stereocenters. The molecule has 2 nitrogen and oxygen atoms in total. The molecule has 2 N–H and O–H groups in total. The lowest BCUT2D eigenvalue weighted by atomic mass is 9.85. The van der Waals surface area contributed by atoms with Crippen LogP contribution in [-0.2, 0) is 17.4 Å². The van der Waals surface area contributed by atoms with E-state index in [0.717, 1.165) is 39.5 Å². The smallest absolute Gasteiger partial charge is 0.366 e. The molecule has 0 bridgehead atoms. The van der Waals surface area contributed by atoms with Gasteiger partial charge >= 0.3 is 6.18 Å². The SMILES string of the molecule is CC/C(=C(\C1=Cc2ccccc2C1)c1ccc(/C=C/C(N)=O)cc1)c1ccc(Cl)cc1C(F)(F)F. The van der Waals surface area contributed by atoms with Crippen molar-refractivity contribution >= 4 is 40.8 Å². The fourth-order valence-electron chi connectivity index (χ4n) is 4.45. The Bertz CT molecular complexity index is 1370. The van der Waals surface area contributed by atoms with Crippen molar-refractivity contribution in [2.45, 2.75) is 25.9 Å². The van der Waals surface area contributed by atoms with Crippen molar-refractivity contribution in [3.05, 3.63) is 117 Å². The summed E-state index contributed by atoms with van der Waals surface area (Å²) in [5, 5.41) is 0.0381. The third-order valence-electron chi connectivity index (χ3n) is 5.99. The third kappa shape index (κ3) is 5.41. The fourth-order valence-corrected chi connectivity index (χ4v) is 4.62. The molecule has 0 spiro atoms. The van der Waals surface area contributed by atoms with Crippen molar-refractivity contribution in [3.8, 4) is 0 Å². The second-order valence-corrected chi connectivity index (χ2v) is 8.73. The summed E-state index contributed by atoms with van der Waals surface area (Å²) < 4.78 is 42.1. The van der Waals surface area contributed by atoms with Gasteiger partial charge in [-0.1, -0.05) is 79.2 Å². The number of halogens is 4. The molecule has 1 aliphatic carbocycles. The monoisotopic (exact) mass is 493 g/mol. The first-order chi connectivity index (χ1) is 16.7. The molecule has 0 fully saturated rings. The first-order valence-electron chi connectivity index (χ1n) is 11.1. The largest absolute Gasteiger partial charge is 0.417 e. The quantitative estimate of drug-likeness (QED) is 0.276. The normalized spacial score (nSPS) is 14.0. The summed E-state index contributed by atoms with van der Waals surface area (Å²) in [6.07, 6.45) is 1.36. The Hall–Kier alpha value is -3.57. The molecule has 3 aromatic carbocycles. The average Bonchev–Trinajstić information content (AvgIpc) is 3.25. The number of hydrogen-bond donors (Lipinski definition) is 1. The number of benzene rings is 3. The van der Waals surface area contributed by atoms with Crippen LogP contribution in [0.2, 0.25) is 5.02 Å². The van der Waals surface area contributed by atoms with E-state index in [-0.39, 0.29) is 10.6 Å². The number of fused-ring (bicyclic) bond motifs is 1. The van der Waals surface area contributed by atoms with Crippen molar-refractivity contribution in [1.82, 2.24) is 0 Å². The van der Waals surface area contributed by atoms with E-state index in [0.29, 0.717) is 18.4 Å². The van der Waals surface area contributed by atoms with E-state index < -0.39 is 17.6 Å². The van der Waals surface area contributed by atoms with Crippen LogP contribution in [-0.4, -0.2) is 5.91 Å². The van der Waals surface area contributed by atoms with E-state index in [1.165, 1.54) is 18.2 Å².